The lowest BCUT2D eigenvalue weighted by Crippen LogP contribution is -2.51. The summed E-state index contributed by atoms with van der Waals surface area (Å²) in [5.41, 5.74) is 0. The molecule has 2 amide bonds. The molecular weight excluding hydrogens is 218 g/mol. The van der Waals surface area contributed by atoms with Crippen LogP contribution < -0.4 is 5.32 Å². The van der Waals surface area contributed by atoms with Gasteiger partial charge in [-0.1, -0.05) is 6.92 Å². The van der Waals surface area contributed by atoms with Crippen LogP contribution in [-0.4, -0.2) is 61.4 Å². The van der Waals surface area contributed by atoms with Crippen molar-refractivity contribution in [2.24, 2.45) is 0 Å². The molecule has 0 aromatic carbocycles. The Balaban J connectivity index is 2.42. The Morgan fingerprint density at radius 2 is 2.24 bits per heavy atom. The first-order valence-corrected chi connectivity index (χ1v) is 6.28. The monoisotopic (exact) mass is 241 g/mol. The molecule has 1 saturated heterocycles. The minimum absolute atomic E-state index is 0.0526. The summed E-state index contributed by atoms with van der Waals surface area (Å²) in [6, 6.07) is -0.0526. The molecule has 1 heterocycles. The average Bonchev–Trinajstić information content (AvgIpc) is 2.30. The number of likely N-dealkylation sites (N-methyl/N-ethyl adjacent to an activating group) is 1. The van der Waals surface area contributed by atoms with E-state index >= 15 is 0 Å². The maximum atomic E-state index is 12.0. The second-order valence-corrected chi connectivity index (χ2v) is 4.62. The van der Waals surface area contributed by atoms with Crippen molar-refractivity contribution in [3.8, 4) is 0 Å². The van der Waals surface area contributed by atoms with Crippen LogP contribution in [0.1, 0.15) is 26.2 Å². The highest BCUT2D eigenvalue weighted by molar-refractivity contribution is 5.83. The summed E-state index contributed by atoms with van der Waals surface area (Å²) in [6.07, 6.45) is 2.34. The number of amides is 2. The van der Waals surface area contributed by atoms with E-state index in [1.807, 2.05) is 6.92 Å². The third-order valence-corrected chi connectivity index (χ3v) is 3.08. The largest absolute Gasteiger partial charge is 0.349 e. The molecule has 0 bridgehead atoms. The zero-order valence-corrected chi connectivity index (χ0v) is 11.0. The fraction of sp³-hybridized carbons (Fsp3) is 0.833. The van der Waals surface area contributed by atoms with Crippen LogP contribution in [0.5, 0.6) is 0 Å². The molecule has 1 aliphatic rings. The van der Waals surface area contributed by atoms with Gasteiger partial charge in [-0.3, -0.25) is 9.59 Å². The van der Waals surface area contributed by atoms with Crippen LogP contribution >= 0.6 is 0 Å². The molecule has 0 aromatic rings. The van der Waals surface area contributed by atoms with Crippen LogP contribution in [0.2, 0.25) is 0 Å². The predicted octanol–water partition coefficient (Wildman–Crippen LogP) is 0.0652. The van der Waals surface area contributed by atoms with Crippen LogP contribution in [0.3, 0.4) is 0 Å². The molecule has 1 rings (SSSR count). The van der Waals surface area contributed by atoms with Crippen molar-refractivity contribution >= 4 is 11.8 Å². The number of nitrogens with zero attached hydrogens (tertiary/aromatic N) is 2. The van der Waals surface area contributed by atoms with Crippen LogP contribution in [-0.2, 0) is 9.59 Å². The van der Waals surface area contributed by atoms with E-state index in [2.05, 4.69) is 5.32 Å². The van der Waals surface area contributed by atoms with E-state index in [1.54, 1.807) is 23.9 Å². The van der Waals surface area contributed by atoms with Crippen LogP contribution in [0.25, 0.3) is 0 Å². The van der Waals surface area contributed by atoms with Crippen molar-refractivity contribution in [2.45, 2.75) is 32.2 Å². The van der Waals surface area contributed by atoms with Gasteiger partial charge in [-0.25, -0.2) is 0 Å². The maximum Gasteiger partial charge on any atom is 0.239 e. The van der Waals surface area contributed by atoms with Crippen molar-refractivity contribution in [2.75, 3.05) is 33.7 Å². The topological polar surface area (TPSA) is 52.7 Å². The molecule has 0 spiro atoms. The Morgan fingerprint density at radius 1 is 1.53 bits per heavy atom. The van der Waals surface area contributed by atoms with E-state index in [1.165, 1.54) is 0 Å². The summed E-state index contributed by atoms with van der Waals surface area (Å²) in [4.78, 5) is 26.9. The summed E-state index contributed by atoms with van der Waals surface area (Å²) in [5.74, 6) is 0.216. The third kappa shape index (κ3) is 4.00. The van der Waals surface area contributed by atoms with E-state index in [4.69, 9.17) is 0 Å². The Morgan fingerprint density at radius 3 is 2.82 bits per heavy atom. The van der Waals surface area contributed by atoms with Crippen molar-refractivity contribution in [1.82, 2.24) is 15.1 Å². The standard InChI is InChI=1S/C12H23N3O2/c1-4-13-10-6-5-8-15(12(10)17)9-7-11(16)14(2)3/h10,13H,4-9H2,1-3H3. The van der Waals surface area contributed by atoms with E-state index in [9.17, 15) is 9.59 Å². The molecule has 5 nitrogen and oxygen atoms in total. The lowest BCUT2D eigenvalue weighted by Gasteiger charge is -2.32. The number of rotatable bonds is 5. The predicted molar refractivity (Wildman–Crippen MR) is 66.6 cm³/mol. The van der Waals surface area contributed by atoms with E-state index in [0.717, 1.165) is 25.9 Å². The van der Waals surface area contributed by atoms with Crippen LogP contribution in [0.4, 0.5) is 0 Å². The summed E-state index contributed by atoms with van der Waals surface area (Å²) in [7, 11) is 3.48. The lowest BCUT2D eigenvalue weighted by molar-refractivity contribution is -0.137. The number of likely N-dealkylation sites (tertiary alicyclic amines) is 1. The molecule has 1 aliphatic heterocycles. The van der Waals surface area contributed by atoms with Gasteiger partial charge < -0.3 is 15.1 Å². The maximum absolute atomic E-state index is 12.0. The van der Waals surface area contributed by atoms with Gasteiger partial charge in [0.15, 0.2) is 0 Å². The Kier molecular flexibility index (Phi) is 5.41. The Labute approximate surface area is 103 Å². The van der Waals surface area contributed by atoms with Crippen molar-refractivity contribution in [3.05, 3.63) is 0 Å². The number of hydrogen-bond acceptors (Lipinski definition) is 3. The number of hydrogen-bond donors (Lipinski definition) is 1. The van der Waals surface area contributed by atoms with E-state index < -0.39 is 0 Å². The first kappa shape index (κ1) is 14.0. The number of nitrogens with one attached hydrogen (secondary N) is 1. The smallest absolute Gasteiger partial charge is 0.239 e. The molecule has 0 saturated carbocycles. The van der Waals surface area contributed by atoms with Gasteiger partial charge in [0.25, 0.3) is 0 Å². The van der Waals surface area contributed by atoms with Gasteiger partial charge in [-0.15, -0.1) is 0 Å². The van der Waals surface area contributed by atoms with Crippen molar-refractivity contribution in [1.29, 1.82) is 0 Å². The molecule has 1 atom stereocenters. The number of carbonyl (C=O) groups excluding carboxylic acids is 2. The van der Waals surface area contributed by atoms with Gasteiger partial charge in [0.05, 0.1) is 6.04 Å². The van der Waals surface area contributed by atoms with Crippen molar-refractivity contribution < 1.29 is 9.59 Å². The first-order valence-electron chi connectivity index (χ1n) is 6.28. The molecule has 98 valence electrons. The van der Waals surface area contributed by atoms with Gasteiger partial charge in [-0.2, -0.15) is 0 Å². The molecule has 17 heavy (non-hydrogen) atoms. The van der Waals surface area contributed by atoms with Gasteiger partial charge in [0.2, 0.25) is 11.8 Å². The molecule has 1 fully saturated rings. The van der Waals surface area contributed by atoms with Gasteiger partial charge in [0, 0.05) is 33.6 Å². The van der Waals surface area contributed by atoms with Gasteiger partial charge in [0.1, 0.15) is 0 Å². The SMILES string of the molecule is CCNC1CCCN(CCC(=O)N(C)C)C1=O. The van der Waals surface area contributed by atoms with E-state index in [-0.39, 0.29) is 17.9 Å². The van der Waals surface area contributed by atoms with Gasteiger partial charge >= 0.3 is 0 Å². The molecule has 0 aromatic heterocycles. The molecule has 0 radical (unpaired) electrons. The summed E-state index contributed by atoms with van der Waals surface area (Å²) in [5, 5.41) is 3.19. The Bertz CT molecular complexity index is 277. The van der Waals surface area contributed by atoms with Gasteiger partial charge in [-0.05, 0) is 19.4 Å². The van der Waals surface area contributed by atoms with Crippen LogP contribution in [0.15, 0.2) is 0 Å². The highest BCUT2D eigenvalue weighted by Crippen LogP contribution is 2.12. The van der Waals surface area contributed by atoms with Crippen LogP contribution in [0, 0.1) is 0 Å². The zero-order valence-electron chi connectivity index (χ0n) is 11.0. The second-order valence-electron chi connectivity index (χ2n) is 4.62. The minimum Gasteiger partial charge on any atom is -0.349 e. The third-order valence-electron chi connectivity index (χ3n) is 3.08. The summed E-state index contributed by atoms with van der Waals surface area (Å²) in [6.45, 7) is 4.13. The highest BCUT2D eigenvalue weighted by atomic mass is 16.2. The quantitative estimate of drug-likeness (QED) is 0.741. The minimum atomic E-state index is -0.0526. The first-order chi connectivity index (χ1) is 8.06. The fourth-order valence-electron chi connectivity index (χ4n) is 2.05. The molecule has 0 aliphatic carbocycles. The van der Waals surface area contributed by atoms with E-state index in [0.29, 0.717) is 13.0 Å². The molecule has 1 N–H and O–H groups in total. The number of carbonyl (C=O) groups is 2. The molecule has 1 unspecified atom stereocenters. The number of piperidine rings is 1. The Hall–Kier alpha value is -1.10. The lowest BCUT2D eigenvalue weighted by atomic mass is 10.0. The van der Waals surface area contributed by atoms with Crippen molar-refractivity contribution in [3.63, 3.8) is 0 Å². The summed E-state index contributed by atoms with van der Waals surface area (Å²) >= 11 is 0. The summed E-state index contributed by atoms with van der Waals surface area (Å²) < 4.78 is 0. The second kappa shape index (κ2) is 6.59. The zero-order chi connectivity index (χ0) is 12.8. The highest BCUT2D eigenvalue weighted by Gasteiger charge is 2.27. The molecule has 5 heteroatoms. The average molecular weight is 241 g/mol. The normalized spacial score (nSPS) is 20.5. The molecular formula is C12H23N3O2. The fourth-order valence-corrected chi connectivity index (χ4v) is 2.05.